The Hall–Kier alpha value is -2.70. The summed E-state index contributed by atoms with van der Waals surface area (Å²) in [6.45, 7) is 5.37. The summed E-state index contributed by atoms with van der Waals surface area (Å²) in [6, 6.07) is 11.8. The van der Waals surface area contributed by atoms with Crippen molar-refractivity contribution in [1.29, 1.82) is 0 Å². The molecule has 0 bridgehead atoms. The molecule has 8 heteroatoms. The topological polar surface area (TPSA) is 87.8 Å². The van der Waals surface area contributed by atoms with Crippen molar-refractivity contribution in [3.63, 3.8) is 0 Å². The van der Waals surface area contributed by atoms with Gasteiger partial charge in [0.05, 0.1) is 10.0 Å². The van der Waals surface area contributed by atoms with Gasteiger partial charge in [-0.05, 0) is 36.2 Å². The number of halogens is 2. The summed E-state index contributed by atoms with van der Waals surface area (Å²) >= 11 is 12.2. The van der Waals surface area contributed by atoms with Gasteiger partial charge in [-0.15, -0.1) is 6.58 Å². The van der Waals surface area contributed by atoms with Crippen LogP contribution in [-0.4, -0.2) is 31.7 Å². The van der Waals surface area contributed by atoms with E-state index in [1.165, 1.54) is 6.92 Å². The molecule has 0 spiro atoms. The first-order valence-electron chi connectivity index (χ1n) is 9.14. The first kappa shape index (κ1) is 23.6. The SMILES string of the molecule is C=CCC(COc1cccc(OCCOC(C)=O)c1)(C(N)=O)c1ccc(Cl)c(Cl)c1. The molecule has 2 N–H and O–H groups in total. The number of primary amides is 1. The Morgan fingerprint density at radius 2 is 1.77 bits per heavy atom. The van der Waals surface area contributed by atoms with Crippen molar-refractivity contribution in [3.05, 3.63) is 70.7 Å². The lowest BCUT2D eigenvalue weighted by molar-refractivity contribution is -0.141. The molecule has 2 rings (SSSR count). The summed E-state index contributed by atoms with van der Waals surface area (Å²) in [5.74, 6) is 0.0647. The molecule has 2 aromatic rings. The average molecular weight is 452 g/mol. The lowest BCUT2D eigenvalue weighted by atomic mass is 9.77. The van der Waals surface area contributed by atoms with Crippen LogP contribution in [0.3, 0.4) is 0 Å². The number of benzene rings is 2. The summed E-state index contributed by atoms with van der Waals surface area (Å²) in [6.07, 6.45) is 1.85. The number of ether oxygens (including phenoxy) is 3. The van der Waals surface area contributed by atoms with Crippen LogP contribution in [0.2, 0.25) is 10.0 Å². The van der Waals surface area contributed by atoms with Gasteiger partial charge in [0.1, 0.15) is 36.7 Å². The molecule has 0 heterocycles. The smallest absolute Gasteiger partial charge is 0.302 e. The lowest BCUT2D eigenvalue weighted by Gasteiger charge is -2.30. The molecule has 1 unspecified atom stereocenters. The van der Waals surface area contributed by atoms with Gasteiger partial charge in [-0.2, -0.15) is 0 Å². The Kier molecular flexibility index (Phi) is 8.57. The molecule has 0 saturated carbocycles. The maximum absolute atomic E-state index is 12.5. The molecule has 0 aliphatic heterocycles. The van der Waals surface area contributed by atoms with Crippen LogP contribution < -0.4 is 15.2 Å². The minimum atomic E-state index is -1.18. The summed E-state index contributed by atoms with van der Waals surface area (Å²) in [5, 5.41) is 0.684. The molecule has 2 aromatic carbocycles. The zero-order valence-electron chi connectivity index (χ0n) is 16.5. The van der Waals surface area contributed by atoms with E-state index in [4.69, 9.17) is 43.1 Å². The van der Waals surface area contributed by atoms with Crippen LogP contribution in [0, 0.1) is 0 Å². The second-order valence-corrected chi connectivity index (χ2v) is 7.33. The Morgan fingerprint density at radius 1 is 1.07 bits per heavy atom. The minimum absolute atomic E-state index is 0.0385. The van der Waals surface area contributed by atoms with E-state index in [1.807, 2.05) is 0 Å². The van der Waals surface area contributed by atoms with Gasteiger partial charge in [-0.3, -0.25) is 9.59 Å². The van der Waals surface area contributed by atoms with Gasteiger partial charge >= 0.3 is 5.97 Å². The molecule has 0 aromatic heterocycles. The number of rotatable bonds is 11. The Labute approximate surface area is 185 Å². The standard InChI is InChI=1S/C22H23Cl2NO5/c1-3-9-22(21(25)27,16-7-8-19(23)20(24)12-16)14-30-18-6-4-5-17(13-18)29-11-10-28-15(2)26/h3-8,12-13H,1,9-11,14H2,2H3,(H2,25,27). The number of hydrogen-bond donors (Lipinski definition) is 1. The van der Waals surface area contributed by atoms with Gasteiger partial charge < -0.3 is 19.9 Å². The van der Waals surface area contributed by atoms with E-state index in [2.05, 4.69) is 6.58 Å². The van der Waals surface area contributed by atoms with E-state index in [-0.39, 0.29) is 32.2 Å². The molecular formula is C22H23Cl2NO5. The number of esters is 1. The normalized spacial score (nSPS) is 12.5. The van der Waals surface area contributed by atoms with E-state index in [0.717, 1.165) is 0 Å². The molecular weight excluding hydrogens is 429 g/mol. The number of carbonyl (C=O) groups is 2. The minimum Gasteiger partial charge on any atom is -0.492 e. The van der Waals surface area contributed by atoms with Crippen molar-refractivity contribution in [2.45, 2.75) is 18.8 Å². The van der Waals surface area contributed by atoms with Crippen molar-refractivity contribution in [1.82, 2.24) is 0 Å². The maximum Gasteiger partial charge on any atom is 0.302 e. The summed E-state index contributed by atoms with van der Waals surface area (Å²) < 4.78 is 16.3. The van der Waals surface area contributed by atoms with E-state index in [0.29, 0.717) is 27.1 Å². The van der Waals surface area contributed by atoms with Crippen molar-refractivity contribution >= 4 is 35.1 Å². The number of amides is 1. The van der Waals surface area contributed by atoms with Crippen molar-refractivity contribution in [3.8, 4) is 11.5 Å². The number of carbonyl (C=O) groups excluding carboxylic acids is 2. The van der Waals surface area contributed by atoms with Crippen molar-refractivity contribution in [2.24, 2.45) is 5.73 Å². The van der Waals surface area contributed by atoms with Crippen LogP contribution in [0.4, 0.5) is 0 Å². The molecule has 0 saturated heterocycles. The molecule has 1 amide bonds. The van der Waals surface area contributed by atoms with E-state index >= 15 is 0 Å². The fourth-order valence-corrected chi connectivity index (χ4v) is 3.12. The molecule has 1 atom stereocenters. The number of hydrogen-bond acceptors (Lipinski definition) is 5. The van der Waals surface area contributed by atoms with Crippen LogP contribution >= 0.6 is 23.2 Å². The summed E-state index contributed by atoms with van der Waals surface area (Å²) in [7, 11) is 0. The Bertz CT molecular complexity index is 918. The number of nitrogens with two attached hydrogens (primary N) is 1. The van der Waals surface area contributed by atoms with Gasteiger partial charge in [-0.1, -0.05) is 41.4 Å². The highest BCUT2D eigenvalue weighted by Gasteiger charge is 2.39. The second-order valence-electron chi connectivity index (χ2n) is 6.52. The van der Waals surface area contributed by atoms with Crippen LogP contribution in [0.25, 0.3) is 0 Å². The molecule has 6 nitrogen and oxygen atoms in total. The first-order chi connectivity index (χ1) is 14.3. The Morgan fingerprint density at radius 3 is 2.37 bits per heavy atom. The molecule has 160 valence electrons. The third-order valence-electron chi connectivity index (χ3n) is 4.38. The predicted octanol–water partition coefficient (Wildman–Crippen LogP) is 4.31. The van der Waals surface area contributed by atoms with E-state index in [9.17, 15) is 9.59 Å². The third-order valence-corrected chi connectivity index (χ3v) is 5.12. The van der Waals surface area contributed by atoms with Gasteiger partial charge in [0.15, 0.2) is 0 Å². The Balaban J connectivity index is 2.18. The monoisotopic (exact) mass is 451 g/mol. The molecule has 0 aliphatic carbocycles. The fourth-order valence-electron chi connectivity index (χ4n) is 2.82. The highest BCUT2D eigenvalue weighted by Crippen LogP contribution is 2.34. The maximum atomic E-state index is 12.5. The first-order valence-corrected chi connectivity index (χ1v) is 9.89. The van der Waals surface area contributed by atoms with Crippen LogP contribution in [-0.2, 0) is 19.7 Å². The highest BCUT2D eigenvalue weighted by molar-refractivity contribution is 6.42. The van der Waals surface area contributed by atoms with Crippen LogP contribution in [0.1, 0.15) is 18.9 Å². The van der Waals surface area contributed by atoms with Crippen LogP contribution in [0.5, 0.6) is 11.5 Å². The molecule has 0 radical (unpaired) electrons. The molecule has 0 fully saturated rings. The number of allylic oxidation sites excluding steroid dienone is 1. The van der Waals surface area contributed by atoms with Gasteiger partial charge in [0, 0.05) is 13.0 Å². The van der Waals surface area contributed by atoms with E-state index < -0.39 is 11.3 Å². The molecule has 30 heavy (non-hydrogen) atoms. The van der Waals surface area contributed by atoms with Gasteiger partial charge in [0.25, 0.3) is 0 Å². The van der Waals surface area contributed by atoms with Crippen molar-refractivity contribution in [2.75, 3.05) is 19.8 Å². The highest BCUT2D eigenvalue weighted by atomic mass is 35.5. The van der Waals surface area contributed by atoms with Crippen molar-refractivity contribution < 1.29 is 23.8 Å². The van der Waals surface area contributed by atoms with Gasteiger partial charge in [0.2, 0.25) is 5.91 Å². The summed E-state index contributed by atoms with van der Waals surface area (Å²) in [4.78, 5) is 23.3. The zero-order chi connectivity index (χ0) is 22.1. The second kappa shape index (κ2) is 10.9. The van der Waals surface area contributed by atoms with E-state index in [1.54, 1.807) is 48.5 Å². The largest absolute Gasteiger partial charge is 0.492 e. The third kappa shape index (κ3) is 6.15. The lowest BCUT2D eigenvalue weighted by Crippen LogP contribution is -2.45. The summed E-state index contributed by atoms with van der Waals surface area (Å²) in [5.41, 5.74) is 5.17. The van der Waals surface area contributed by atoms with Crippen LogP contribution in [0.15, 0.2) is 55.1 Å². The predicted molar refractivity (Wildman–Crippen MR) is 116 cm³/mol. The fraction of sp³-hybridized carbons (Fsp3) is 0.273. The van der Waals surface area contributed by atoms with Gasteiger partial charge in [-0.25, -0.2) is 0 Å². The average Bonchev–Trinajstić information content (AvgIpc) is 2.70. The zero-order valence-corrected chi connectivity index (χ0v) is 18.0. The quantitative estimate of drug-likeness (QED) is 0.312. The molecule has 0 aliphatic rings.